The van der Waals surface area contributed by atoms with Gasteiger partial charge in [-0.15, -0.1) is 0 Å². The molecule has 2 heterocycles. The van der Waals surface area contributed by atoms with Gasteiger partial charge in [0.2, 0.25) is 0 Å². The Kier molecular flexibility index (Phi) is 18.9. The van der Waals surface area contributed by atoms with Gasteiger partial charge in [0.25, 0.3) is 0 Å². The minimum atomic E-state index is -0.414. The molecule has 0 bridgehead atoms. The maximum Gasteiger partial charge on any atom is 0.336 e. The maximum absolute atomic E-state index is 14.5. The minimum Gasteiger partial charge on any atom is -0.497 e. The van der Waals surface area contributed by atoms with Crippen molar-refractivity contribution in [2.45, 2.75) is 110 Å². The van der Waals surface area contributed by atoms with E-state index in [0.717, 1.165) is 74.3 Å². The van der Waals surface area contributed by atoms with E-state index in [9.17, 15) is 14.4 Å². The van der Waals surface area contributed by atoms with Gasteiger partial charge in [0.15, 0.2) is 0 Å². The first-order chi connectivity index (χ1) is 34.0. The first-order valence-corrected chi connectivity index (χ1v) is 26.3. The second-order valence-electron chi connectivity index (χ2n) is 21.1. The Labute approximate surface area is 414 Å². The molecule has 8 rings (SSSR count). The summed E-state index contributed by atoms with van der Waals surface area (Å²) in [6, 6.07) is 16.9. The number of ether oxygens (including phenoxy) is 9. The lowest BCUT2D eigenvalue weighted by atomic mass is 9.43. The molecule has 1 saturated heterocycles. The molecule has 70 heavy (non-hydrogen) atoms. The number of carbonyl (C=O) groups is 2. The van der Waals surface area contributed by atoms with Crippen LogP contribution in [0.1, 0.15) is 96.1 Å². The van der Waals surface area contributed by atoms with Crippen molar-refractivity contribution in [3.05, 3.63) is 76.1 Å². The van der Waals surface area contributed by atoms with Crippen LogP contribution in [0.2, 0.25) is 0 Å². The zero-order valence-corrected chi connectivity index (χ0v) is 42.2. The second kappa shape index (κ2) is 25.2. The minimum absolute atomic E-state index is 0.000990. The molecule has 0 unspecified atom stereocenters. The van der Waals surface area contributed by atoms with Gasteiger partial charge in [0.1, 0.15) is 24.0 Å². The summed E-state index contributed by atoms with van der Waals surface area (Å²) >= 11 is 0. The Morgan fingerprint density at radius 1 is 0.743 bits per heavy atom. The van der Waals surface area contributed by atoms with Gasteiger partial charge in [0, 0.05) is 42.9 Å². The van der Waals surface area contributed by atoms with Gasteiger partial charge in [0.05, 0.1) is 92.4 Å². The largest absolute Gasteiger partial charge is 0.497 e. The molecular formula is C56H79NO13. The van der Waals surface area contributed by atoms with Gasteiger partial charge >= 0.3 is 17.6 Å². The molecule has 0 spiro atoms. The molecule has 0 radical (unpaired) electrons. The fraction of sp³-hybridized carbons (Fsp3) is 0.696. The van der Waals surface area contributed by atoms with Crippen LogP contribution >= 0.6 is 0 Å². The number of benzene rings is 2. The van der Waals surface area contributed by atoms with E-state index in [2.05, 4.69) is 25.7 Å². The van der Waals surface area contributed by atoms with E-state index < -0.39 is 5.63 Å². The molecule has 386 valence electrons. The Bertz CT molecular complexity index is 2170. The summed E-state index contributed by atoms with van der Waals surface area (Å²) in [6.07, 6.45) is 9.01. The highest BCUT2D eigenvalue weighted by Gasteiger charge is 2.64. The molecule has 10 atom stereocenters. The van der Waals surface area contributed by atoms with Crippen LogP contribution in [0.25, 0.3) is 11.0 Å². The Morgan fingerprint density at radius 2 is 1.40 bits per heavy atom. The number of methoxy groups -OCH3 is 1. The topological polar surface area (TPSA) is 151 Å². The fourth-order valence-corrected chi connectivity index (χ4v) is 13.5. The highest BCUT2D eigenvalue weighted by Crippen LogP contribution is 2.69. The molecule has 5 fully saturated rings. The average Bonchev–Trinajstić information content (AvgIpc) is 3.72. The standard InChI is InChI=1S/C56H79NO13/c1-39(10-15-51(58)68-37-40-8-6-5-7-9-40)46-13-14-47-54-48(17-19-56(46,47)3)55(2)18-16-44(67-38-41-32-52(59)69-49-35-43(61-4)11-12-45(41)49)33-42(55)34-50(54)70-53(60)36-57-20-22-62-24-26-64-28-30-66-31-29-65-27-25-63-23-21-57/h5-9,11-12,32,35,39,42,44,46-48,50,54H,10,13-31,33-34,36-38H2,1-4H3/t39-,42+,44-,46-,47+,48+,50-,54+,55+,56-/m1/s1. The van der Waals surface area contributed by atoms with Crippen molar-refractivity contribution in [3.8, 4) is 5.75 Å². The van der Waals surface area contributed by atoms with Gasteiger partial charge in [-0.2, -0.15) is 0 Å². The number of fused-ring (bicyclic) bond motifs is 6. The number of rotatable bonds is 13. The van der Waals surface area contributed by atoms with Gasteiger partial charge in [-0.05, 0) is 121 Å². The Morgan fingerprint density at radius 3 is 2.09 bits per heavy atom. The number of hydrogen-bond acceptors (Lipinski definition) is 14. The average molecular weight is 974 g/mol. The lowest BCUT2D eigenvalue weighted by molar-refractivity contribution is -0.199. The molecule has 14 nitrogen and oxygen atoms in total. The van der Waals surface area contributed by atoms with Gasteiger partial charge in [-0.1, -0.05) is 51.1 Å². The third-order valence-corrected chi connectivity index (χ3v) is 17.2. The SMILES string of the molecule is COc1ccc2c(CO[C@@H]3CC[C@@]4(C)[C@@H](C3)C[C@@H](OC(=O)CN3CCOCCOCCOCCOCCOCC3)[C@@H]3[C@@H]4CC[C@]4(C)[C@@H]([C@H](C)CCC(=O)OCc5ccccc5)CC[C@@H]34)cc(=O)oc2c1. The van der Waals surface area contributed by atoms with Crippen molar-refractivity contribution in [2.24, 2.45) is 46.3 Å². The number of carbonyl (C=O) groups excluding carboxylic acids is 2. The van der Waals surface area contributed by atoms with E-state index in [1.54, 1.807) is 13.2 Å². The highest BCUT2D eigenvalue weighted by molar-refractivity contribution is 5.81. The first-order valence-electron chi connectivity index (χ1n) is 26.3. The van der Waals surface area contributed by atoms with Crippen molar-refractivity contribution >= 4 is 22.9 Å². The van der Waals surface area contributed by atoms with Crippen LogP contribution in [0, 0.1) is 46.3 Å². The molecular weight excluding hydrogens is 895 g/mol. The van der Waals surface area contributed by atoms with E-state index in [1.165, 1.54) is 6.07 Å². The molecule has 1 aromatic heterocycles. The highest BCUT2D eigenvalue weighted by atomic mass is 16.6. The number of esters is 2. The molecule has 0 amide bonds. The predicted octanol–water partition coefficient (Wildman–Crippen LogP) is 8.43. The van der Waals surface area contributed by atoms with E-state index in [1.807, 2.05) is 42.5 Å². The van der Waals surface area contributed by atoms with Crippen LogP contribution in [0.4, 0.5) is 0 Å². The molecule has 3 aromatic rings. The van der Waals surface area contributed by atoms with Gasteiger partial charge < -0.3 is 47.0 Å². The van der Waals surface area contributed by atoms with Crippen LogP contribution in [0.15, 0.2) is 63.8 Å². The van der Waals surface area contributed by atoms with Crippen LogP contribution < -0.4 is 10.4 Å². The zero-order chi connectivity index (χ0) is 48.9. The normalized spacial score (nSPS) is 31.2. The Balaban J connectivity index is 0.963. The lowest BCUT2D eigenvalue weighted by Gasteiger charge is -2.63. The van der Waals surface area contributed by atoms with Crippen molar-refractivity contribution in [1.82, 2.24) is 4.90 Å². The predicted molar refractivity (Wildman–Crippen MR) is 263 cm³/mol. The Hall–Kier alpha value is -3.89. The molecule has 0 N–H and O–H groups in total. The summed E-state index contributed by atoms with van der Waals surface area (Å²) in [5, 5.41) is 0.836. The summed E-state index contributed by atoms with van der Waals surface area (Å²) in [7, 11) is 1.59. The summed E-state index contributed by atoms with van der Waals surface area (Å²) in [6.45, 7) is 14.0. The molecule has 5 aliphatic rings. The zero-order valence-electron chi connectivity index (χ0n) is 42.2. The smallest absolute Gasteiger partial charge is 0.336 e. The summed E-state index contributed by atoms with van der Waals surface area (Å²) in [5.41, 5.74) is 2.00. The van der Waals surface area contributed by atoms with Gasteiger partial charge in [-0.3, -0.25) is 14.5 Å². The van der Waals surface area contributed by atoms with Crippen molar-refractivity contribution in [2.75, 3.05) is 92.8 Å². The van der Waals surface area contributed by atoms with Crippen LogP contribution in [0.5, 0.6) is 5.75 Å². The summed E-state index contributed by atoms with van der Waals surface area (Å²) in [5.74, 6) is 2.43. The molecule has 4 saturated carbocycles. The quantitative estimate of drug-likeness (QED) is 0.119. The van der Waals surface area contributed by atoms with Crippen molar-refractivity contribution < 1.29 is 56.6 Å². The van der Waals surface area contributed by atoms with Crippen LogP contribution in [-0.4, -0.2) is 122 Å². The lowest BCUT2D eigenvalue weighted by Crippen LogP contribution is -2.59. The molecule has 14 heteroatoms. The fourth-order valence-electron chi connectivity index (χ4n) is 13.5. The van der Waals surface area contributed by atoms with Crippen LogP contribution in [0.3, 0.4) is 0 Å². The van der Waals surface area contributed by atoms with E-state index in [-0.39, 0.29) is 47.4 Å². The van der Waals surface area contributed by atoms with Crippen LogP contribution in [-0.2, 0) is 60.7 Å². The maximum atomic E-state index is 14.5. The molecule has 2 aromatic carbocycles. The third kappa shape index (κ3) is 13.2. The number of nitrogens with zero attached hydrogens (tertiary/aromatic N) is 1. The van der Waals surface area contributed by atoms with Crippen molar-refractivity contribution in [1.29, 1.82) is 0 Å². The van der Waals surface area contributed by atoms with Crippen molar-refractivity contribution in [3.63, 3.8) is 0 Å². The monoisotopic (exact) mass is 974 g/mol. The van der Waals surface area contributed by atoms with E-state index >= 15 is 0 Å². The van der Waals surface area contributed by atoms with E-state index in [4.69, 9.17) is 47.0 Å². The van der Waals surface area contributed by atoms with E-state index in [0.29, 0.717) is 140 Å². The first kappa shape index (κ1) is 52.4. The number of hydrogen-bond donors (Lipinski definition) is 0. The molecule has 1 aliphatic heterocycles. The summed E-state index contributed by atoms with van der Waals surface area (Å²) < 4.78 is 59.0. The molecule has 4 aliphatic carbocycles. The second-order valence-corrected chi connectivity index (χ2v) is 21.1. The summed E-state index contributed by atoms with van der Waals surface area (Å²) in [4.78, 5) is 42.2. The third-order valence-electron chi connectivity index (χ3n) is 17.2. The van der Waals surface area contributed by atoms with Gasteiger partial charge in [-0.25, -0.2) is 4.79 Å².